The standard InChI is InChI=1S/C20H24FN2/c1-16-13-23(15-19-9-6-10-20(21)11-19)17(2)12-22(16)14-18-7-4-3-5-8-18/h3-11,14,16-17H,12-13,15H2,1-2H3/t16-,17+/m0/s1. The predicted molar refractivity (Wildman–Crippen MR) is 92.3 cm³/mol. The Balaban J connectivity index is 1.62. The van der Waals surface area contributed by atoms with Crippen molar-refractivity contribution >= 4 is 0 Å². The number of halogens is 1. The van der Waals surface area contributed by atoms with Gasteiger partial charge in [0.25, 0.3) is 0 Å². The van der Waals surface area contributed by atoms with Crippen LogP contribution in [0.25, 0.3) is 0 Å². The molecule has 2 nitrogen and oxygen atoms in total. The lowest BCUT2D eigenvalue weighted by Gasteiger charge is -2.44. The first-order valence-electron chi connectivity index (χ1n) is 8.26. The molecule has 23 heavy (non-hydrogen) atoms. The van der Waals surface area contributed by atoms with Crippen LogP contribution in [-0.2, 0) is 6.54 Å². The fourth-order valence-corrected chi connectivity index (χ4v) is 3.23. The highest BCUT2D eigenvalue weighted by Crippen LogP contribution is 2.21. The second-order valence-electron chi connectivity index (χ2n) is 6.49. The first-order valence-corrected chi connectivity index (χ1v) is 8.26. The third kappa shape index (κ3) is 4.18. The minimum atomic E-state index is -0.153. The van der Waals surface area contributed by atoms with E-state index in [0.717, 1.165) is 25.2 Å². The number of rotatable bonds is 4. The lowest BCUT2D eigenvalue weighted by molar-refractivity contribution is 0.0585. The van der Waals surface area contributed by atoms with Crippen molar-refractivity contribution in [2.75, 3.05) is 13.1 Å². The molecule has 0 N–H and O–H groups in total. The summed E-state index contributed by atoms with van der Waals surface area (Å²) in [5, 5.41) is 0. The number of hydrogen-bond acceptors (Lipinski definition) is 2. The molecule has 1 fully saturated rings. The highest BCUT2D eigenvalue weighted by molar-refractivity contribution is 5.22. The molecule has 1 radical (unpaired) electrons. The van der Waals surface area contributed by atoms with E-state index in [9.17, 15) is 4.39 Å². The van der Waals surface area contributed by atoms with Gasteiger partial charge in [0.2, 0.25) is 0 Å². The van der Waals surface area contributed by atoms with E-state index in [-0.39, 0.29) is 5.82 Å². The van der Waals surface area contributed by atoms with Gasteiger partial charge in [0.05, 0.1) is 6.54 Å². The van der Waals surface area contributed by atoms with Crippen molar-refractivity contribution in [1.29, 1.82) is 0 Å². The van der Waals surface area contributed by atoms with Gasteiger partial charge < -0.3 is 0 Å². The van der Waals surface area contributed by atoms with E-state index < -0.39 is 0 Å². The molecule has 121 valence electrons. The first-order chi connectivity index (χ1) is 11.1. The Labute approximate surface area is 138 Å². The molecule has 3 heteroatoms. The molecule has 2 aromatic carbocycles. The van der Waals surface area contributed by atoms with Crippen molar-refractivity contribution in [2.45, 2.75) is 32.5 Å². The molecule has 0 aromatic heterocycles. The second-order valence-corrected chi connectivity index (χ2v) is 6.49. The summed E-state index contributed by atoms with van der Waals surface area (Å²) in [4.78, 5) is 4.86. The first kappa shape index (κ1) is 16.2. The summed E-state index contributed by atoms with van der Waals surface area (Å²) >= 11 is 0. The van der Waals surface area contributed by atoms with Crippen molar-refractivity contribution in [3.8, 4) is 0 Å². The maximum absolute atomic E-state index is 13.4. The van der Waals surface area contributed by atoms with Gasteiger partial charge in [-0.2, -0.15) is 0 Å². The Kier molecular flexibility index (Phi) is 5.09. The molecular weight excluding hydrogens is 287 g/mol. The molecule has 0 unspecified atom stereocenters. The van der Waals surface area contributed by atoms with E-state index in [1.807, 2.05) is 12.1 Å². The number of nitrogens with zero attached hydrogens (tertiary/aromatic N) is 2. The zero-order valence-electron chi connectivity index (χ0n) is 13.8. The monoisotopic (exact) mass is 311 g/mol. The fourth-order valence-electron chi connectivity index (χ4n) is 3.23. The summed E-state index contributed by atoms with van der Waals surface area (Å²) in [6, 6.07) is 18.3. The molecule has 0 amide bonds. The zero-order chi connectivity index (χ0) is 16.2. The summed E-state index contributed by atoms with van der Waals surface area (Å²) in [7, 11) is 0. The number of piperazine rings is 1. The molecule has 1 saturated heterocycles. The quantitative estimate of drug-likeness (QED) is 0.844. The Morgan fingerprint density at radius 1 is 1.00 bits per heavy atom. The second kappa shape index (κ2) is 7.24. The fraction of sp³-hybridized carbons (Fsp3) is 0.350. The van der Waals surface area contributed by atoms with Gasteiger partial charge in [-0.1, -0.05) is 42.5 Å². The van der Waals surface area contributed by atoms with Crippen LogP contribution in [0.15, 0.2) is 54.6 Å². The highest BCUT2D eigenvalue weighted by atomic mass is 19.1. The van der Waals surface area contributed by atoms with Gasteiger partial charge in [-0.15, -0.1) is 0 Å². The van der Waals surface area contributed by atoms with Crippen molar-refractivity contribution in [3.63, 3.8) is 0 Å². The van der Waals surface area contributed by atoms with E-state index >= 15 is 0 Å². The summed E-state index contributed by atoms with van der Waals surface area (Å²) in [5.41, 5.74) is 2.29. The van der Waals surface area contributed by atoms with Gasteiger partial charge in [-0.25, -0.2) is 4.39 Å². The molecular formula is C20H24FN2. The van der Waals surface area contributed by atoms with E-state index in [2.05, 4.69) is 54.5 Å². The summed E-state index contributed by atoms with van der Waals surface area (Å²) in [6.07, 6.45) is 0. The SMILES string of the molecule is C[C@@H]1CN([CH]c2ccccc2)[C@@H](C)CN1Cc1cccc(F)c1. The third-order valence-corrected chi connectivity index (χ3v) is 4.55. The molecule has 0 saturated carbocycles. The summed E-state index contributed by atoms with van der Waals surface area (Å²) in [6.45, 7) is 9.54. The summed E-state index contributed by atoms with van der Waals surface area (Å²) in [5.74, 6) is -0.153. The normalized spacial score (nSPS) is 23.1. The lowest BCUT2D eigenvalue weighted by Crippen LogP contribution is -2.54. The molecule has 0 spiro atoms. The maximum atomic E-state index is 13.4. The smallest absolute Gasteiger partial charge is 0.123 e. The molecule has 1 aliphatic rings. The topological polar surface area (TPSA) is 6.48 Å². The van der Waals surface area contributed by atoms with Gasteiger partial charge in [-0.3, -0.25) is 9.80 Å². The van der Waals surface area contributed by atoms with Crippen LogP contribution in [-0.4, -0.2) is 35.0 Å². The Morgan fingerprint density at radius 2 is 1.78 bits per heavy atom. The van der Waals surface area contributed by atoms with Crippen LogP contribution in [0.2, 0.25) is 0 Å². The number of benzene rings is 2. The van der Waals surface area contributed by atoms with E-state index in [1.54, 1.807) is 12.1 Å². The molecule has 0 bridgehead atoms. The largest absolute Gasteiger partial charge is 0.294 e. The van der Waals surface area contributed by atoms with Crippen LogP contribution in [0.5, 0.6) is 0 Å². The Hall–Kier alpha value is -1.71. The van der Waals surface area contributed by atoms with Crippen LogP contribution >= 0.6 is 0 Å². The molecule has 2 atom stereocenters. The summed E-state index contributed by atoms with van der Waals surface area (Å²) < 4.78 is 13.4. The van der Waals surface area contributed by atoms with Gasteiger partial charge >= 0.3 is 0 Å². The molecule has 3 rings (SSSR count). The van der Waals surface area contributed by atoms with Crippen LogP contribution in [0.1, 0.15) is 25.0 Å². The van der Waals surface area contributed by atoms with E-state index in [1.165, 1.54) is 11.6 Å². The lowest BCUT2D eigenvalue weighted by atomic mass is 10.1. The third-order valence-electron chi connectivity index (χ3n) is 4.55. The van der Waals surface area contributed by atoms with Gasteiger partial charge in [-0.05, 0) is 37.1 Å². The average Bonchev–Trinajstić information content (AvgIpc) is 2.53. The molecule has 2 aromatic rings. The van der Waals surface area contributed by atoms with Crippen molar-refractivity contribution < 1.29 is 4.39 Å². The molecule has 1 heterocycles. The van der Waals surface area contributed by atoms with Crippen LogP contribution in [0, 0.1) is 12.4 Å². The van der Waals surface area contributed by atoms with Crippen LogP contribution < -0.4 is 0 Å². The highest BCUT2D eigenvalue weighted by Gasteiger charge is 2.29. The van der Waals surface area contributed by atoms with Crippen LogP contribution in [0.3, 0.4) is 0 Å². The van der Waals surface area contributed by atoms with Crippen LogP contribution in [0.4, 0.5) is 4.39 Å². The van der Waals surface area contributed by atoms with E-state index in [0.29, 0.717) is 12.1 Å². The molecule has 0 aliphatic carbocycles. The van der Waals surface area contributed by atoms with E-state index in [4.69, 9.17) is 0 Å². The average molecular weight is 311 g/mol. The number of hydrogen-bond donors (Lipinski definition) is 0. The van der Waals surface area contributed by atoms with Crippen molar-refractivity contribution in [3.05, 3.63) is 78.1 Å². The van der Waals surface area contributed by atoms with Gasteiger partial charge in [0, 0.05) is 31.7 Å². The van der Waals surface area contributed by atoms with Gasteiger partial charge in [0.1, 0.15) is 5.82 Å². The molecule has 1 aliphatic heterocycles. The Bertz CT molecular complexity index is 629. The minimum absolute atomic E-state index is 0.153. The Morgan fingerprint density at radius 3 is 2.52 bits per heavy atom. The van der Waals surface area contributed by atoms with Crippen molar-refractivity contribution in [1.82, 2.24) is 9.80 Å². The minimum Gasteiger partial charge on any atom is -0.294 e. The predicted octanol–water partition coefficient (Wildman–Crippen LogP) is 3.93. The van der Waals surface area contributed by atoms with Crippen molar-refractivity contribution in [2.24, 2.45) is 0 Å². The zero-order valence-corrected chi connectivity index (χ0v) is 13.8. The van der Waals surface area contributed by atoms with Gasteiger partial charge in [0.15, 0.2) is 0 Å². The maximum Gasteiger partial charge on any atom is 0.123 e.